The number of carbonyl (C=O) groups is 2. The number of ether oxygens (including phenoxy) is 1. The van der Waals surface area contributed by atoms with Crippen LogP contribution in [0.1, 0.15) is 15.2 Å². The fourth-order valence-electron chi connectivity index (χ4n) is 2.20. The van der Waals surface area contributed by atoms with Crippen LogP contribution >= 0.6 is 22.7 Å². The molecule has 0 unspecified atom stereocenters. The lowest BCUT2D eigenvalue weighted by atomic mass is 10.3. The molecular weight excluding hydrogens is 344 g/mol. The minimum absolute atomic E-state index is 0.228. The second-order valence-electron chi connectivity index (χ2n) is 5.18. The maximum Gasteiger partial charge on any atom is 0.350 e. The molecule has 1 amide bonds. The van der Waals surface area contributed by atoms with Gasteiger partial charge in [-0.05, 0) is 46.0 Å². The molecule has 7 heteroatoms. The van der Waals surface area contributed by atoms with Crippen molar-refractivity contribution in [3.63, 3.8) is 0 Å². The van der Waals surface area contributed by atoms with Gasteiger partial charge < -0.3 is 14.2 Å². The quantitative estimate of drug-likeness (QED) is 0.633. The van der Waals surface area contributed by atoms with E-state index in [9.17, 15) is 9.59 Å². The Balaban J connectivity index is 1.58. The van der Waals surface area contributed by atoms with E-state index in [1.165, 1.54) is 11.3 Å². The lowest BCUT2D eigenvalue weighted by Crippen LogP contribution is -2.30. The Labute approximate surface area is 147 Å². The summed E-state index contributed by atoms with van der Waals surface area (Å²) in [7, 11) is 1.70. The van der Waals surface area contributed by atoms with E-state index in [0.29, 0.717) is 11.4 Å². The number of hydrogen-bond donors (Lipinski definition) is 0. The largest absolute Gasteiger partial charge is 0.451 e. The summed E-state index contributed by atoms with van der Waals surface area (Å²) in [5, 5.41) is 5.79. The van der Waals surface area contributed by atoms with Crippen LogP contribution in [0, 0.1) is 0 Å². The summed E-state index contributed by atoms with van der Waals surface area (Å²) in [5.74, 6) is -0.709. The van der Waals surface area contributed by atoms with E-state index in [4.69, 9.17) is 4.74 Å². The molecule has 0 aliphatic heterocycles. The van der Waals surface area contributed by atoms with Gasteiger partial charge >= 0.3 is 5.97 Å². The molecule has 5 nitrogen and oxygen atoms in total. The van der Waals surface area contributed by atoms with Crippen LogP contribution in [0.25, 0.3) is 5.69 Å². The van der Waals surface area contributed by atoms with Gasteiger partial charge in [0.1, 0.15) is 4.88 Å². The first kappa shape index (κ1) is 16.5. The van der Waals surface area contributed by atoms with Gasteiger partial charge in [0.05, 0.1) is 5.69 Å². The van der Waals surface area contributed by atoms with Crippen LogP contribution in [0.3, 0.4) is 0 Å². The van der Waals surface area contributed by atoms with E-state index in [2.05, 4.69) is 0 Å². The van der Waals surface area contributed by atoms with Crippen molar-refractivity contribution in [1.29, 1.82) is 0 Å². The molecule has 0 saturated carbocycles. The smallest absolute Gasteiger partial charge is 0.350 e. The van der Waals surface area contributed by atoms with Crippen molar-refractivity contribution in [2.45, 2.75) is 6.54 Å². The maximum atomic E-state index is 12.3. The molecule has 0 atom stereocenters. The van der Waals surface area contributed by atoms with E-state index < -0.39 is 5.97 Å². The monoisotopic (exact) mass is 360 g/mol. The Morgan fingerprint density at radius 2 is 2.00 bits per heavy atom. The average molecular weight is 360 g/mol. The van der Waals surface area contributed by atoms with E-state index in [1.54, 1.807) is 23.3 Å². The second-order valence-corrected chi connectivity index (χ2v) is 6.88. The van der Waals surface area contributed by atoms with Gasteiger partial charge in [0.2, 0.25) is 0 Å². The SMILES string of the molecule is CN(Cc1ccsc1)C(=O)COC(=O)c1sccc1-n1cccc1. The maximum absolute atomic E-state index is 12.3. The lowest BCUT2D eigenvalue weighted by Gasteiger charge is -2.16. The van der Waals surface area contributed by atoms with Crippen molar-refractivity contribution in [2.24, 2.45) is 0 Å². The molecule has 0 saturated heterocycles. The molecule has 3 rings (SSSR count). The van der Waals surface area contributed by atoms with E-state index in [1.807, 2.05) is 57.4 Å². The molecule has 0 aromatic carbocycles. The fraction of sp³-hybridized carbons (Fsp3) is 0.176. The molecule has 0 spiro atoms. The van der Waals surface area contributed by atoms with Gasteiger partial charge in [0, 0.05) is 26.0 Å². The Morgan fingerprint density at radius 3 is 2.71 bits per heavy atom. The zero-order chi connectivity index (χ0) is 16.9. The molecule has 0 aliphatic rings. The number of rotatable bonds is 6. The van der Waals surface area contributed by atoms with Gasteiger partial charge in [-0.15, -0.1) is 11.3 Å². The summed E-state index contributed by atoms with van der Waals surface area (Å²) in [5.41, 5.74) is 1.82. The summed E-state index contributed by atoms with van der Waals surface area (Å²) >= 11 is 2.89. The van der Waals surface area contributed by atoms with Crippen LogP contribution in [0.4, 0.5) is 0 Å². The highest BCUT2D eigenvalue weighted by atomic mass is 32.1. The van der Waals surface area contributed by atoms with E-state index in [-0.39, 0.29) is 12.5 Å². The molecule has 0 radical (unpaired) electrons. The van der Waals surface area contributed by atoms with Crippen molar-refractivity contribution < 1.29 is 14.3 Å². The molecule has 0 fully saturated rings. The van der Waals surface area contributed by atoms with Gasteiger partial charge in [-0.1, -0.05) is 0 Å². The van der Waals surface area contributed by atoms with Gasteiger partial charge in [-0.3, -0.25) is 4.79 Å². The van der Waals surface area contributed by atoms with Gasteiger partial charge in [-0.2, -0.15) is 11.3 Å². The van der Waals surface area contributed by atoms with Crippen LogP contribution in [-0.4, -0.2) is 35.0 Å². The number of hydrogen-bond acceptors (Lipinski definition) is 5. The van der Waals surface area contributed by atoms with Crippen LogP contribution in [-0.2, 0) is 16.1 Å². The molecule has 24 heavy (non-hydrogen) atoms. The van der Waals surface area contributed by atoms with Crippen LogP contribution in [0.15, 0.2) is 52.8 Å². The highest BCUT2D eigenvalue weighted by molar-refractivity contribution is 7.12. The van der Waals surface area contributed by atoms with Crippen LogP contribution < -0.4 is 0 Å². The number of thiophene rings is 2. The summed E-state index contributed by atoms with van der Waals surface area (Å²) in [6.07, 6.45) is 3.72. The minimum atomic E-state index is -0.481. The zero-order valence-electron chi connectivity index (χ0n) is 13.0. The first-order chi connectivity index (χ1) is 11.6. The van der Waals surface area contributed by atoms with Gasteiger partial charge in [-0.25, -0.2) is 4.79 Å². The summed E-state index contributed by atoms with van der Waals surface area (Å²) in [6.45, 7) is 0.246. The molecule has 0 aliphatic carbocycles. The second kappa shape index (κ2) is 7.46. The molecule has 3 heterocycles. The molecular formula is C17H16N2O3S2. The third-order valence-corrected chi connectivity index (χ3v) is 5.08. The molecule has 3 aromatic rings. The van der Waals surface area contributed by atoms with Gasteiger partial charge in [0.25, 0.3) is 5.91 Å². The highest BCUT2D eigenvalue weighted by Gasteiger charge is 2.18. The Morgan fingerprint density at radius 1 is 1.21 bits per heavy atom. The van der Waals surface area contributed by atoms with Crippen LogP contribution in [0.5, 0.6) is 0 Å². The molecule has 0 N–H and O–H groups in total. The number of aromatic nitrogens is 1. The highest BCUT2D eigenvalue weighted by Crippen LogP contribution is 2.22. The summed E-state index contributed by atoms with van der Waals surface area (Å²) < 4.78 is 7.04. The van der Waals surface area contributed by atoms with E-state index in [0.717, 1.165) is 11.3 Å². The Hall–Kier alpha value is -2.38. The average Bonchev–Trinajstić information content (AvgIpc) is 3.32. The van der Waals surface area contributed by atoms with E-state index >= 15 is 0 Å². The minimum Gasteiger partial charge on any atom is -0.451 e. The van der Waals surface area contributed by atoms with Crippen molar-refractivity contribution in [3.05, 3.63) is 63.2 Å². The topological polar surface area (TPSA) is 51.5 Å². The standard InChI is InChI=1S/C17H16N2O3S2/c1-18(10-13-4-8-23-12-13)15(20)11-22-17(21)16-14(5-9-24-16)19-6-2-3-7-19/h2-9,12H,10-11H2,1H3. The molecule has 0 bridgehead atoms. The number of amides is 1. The first-order valence-corrected chi connectivity index (χ1v) is 9.10. The summed E-state index contributed by atoms with van der Waals surface area (Å²) in [4.78, 5) is 26.4. The first-order valence-electron chi connectivity index (χ1n) is 7.28. The Kier molecular flexibility index (Phi) is 5.12. The third kappa shape index (κ3) is 3.74. The zero-order valence-corrected chi connectivity index (χ0v) is 14.7. The summed E-state index contributed by atoms with van der Waals surface area (Å²) in [6, 6.07) is 7.59. The van der Waals surface area contributed by atoms with Crippen molar-refractivity contribution >= 4 is 34.6 Å². The predicted molar refractivity (Wildman–Crippen MR) is 94.7 cm³/mol. The normalized spacial score (nSPS) is 10.5. The predicted octanol–water partition coefficient (Wildman–Crippen LogP) is 3.42. The van der Waals surface area contributed by atoms with Crippen molar-refractivity contribution in [1.82, 2.24) is 9.47 Å². The fourth-order valence-corrected chi connectivity index (χ4v) is 3.64. The third-order valence-electron chi connectivity index (χ3n) is 3.46. The number of likely N-dealkylation sites (N-methyl/N-ethyl adjacent to an activating group) is 1. The molecule has 3 aromatic heterocycles. The van der Waals surface area contributed by atoms with Crippen molar-refractivity contribution in [2.75, 3.05) is 13.7 Å². The Bertz CT molecular complexity index is 807. The molecule has 124 valence electrons. The lowest BCUT2D eigenvalue weighted by molar-refractivity contribution is -0.133. The number of nitrogens with zero attached hydrogens (tertiary/aromatic N) is 2. The van der Waals surface area contributed by atoms with Crippen LogP contribution in [0.2, 0.25) is 0 Å². The van der Waals surface area contributed by atoms with Gasteiger partial charge in [0.15, 0.2) is 6.61 Å². The van der Waals surface area contributed by atoms with Crippen molar-refractivity contribution in [3.8, 4) is 5.69 Å². The number of esters is 1. The number of carbonyl (C=O) groups excluding carboxylic acids is 2.